The van der Waals surface area contributed by atoms with Gasteiger partial charge < -0.3 is 60.5 Å². The fourth-order valence-electron chi connectivity index (χ4n) is 7.33. The van der Waals surface area contributed by atoms with Gasteiger partial charge in [-0.1, -0.05) is 48.5 Å². The predicted octanol–water partition coefficient (Wildman–Crippen LogP) is 13.1. The Morgan fingerprint density at radius 1 is 0.240 bits per heavy atom. The van der Waals surface area contributed by atoms with E-state index in [1.54, 1.807) is 0 Å². The van der Waals surface area contributed by atoms with E-state index < -0.39 is 72.9 Å². The predicted molar refractivity (Wildman–Crippen MR) is 294 cm³/mol. The first-order valence-electron chi connectivity index (χ1n) is 25.0. The van der Waals surface area contributed by atoms with Crippen molar-refractivity contribution in [3.63, 3.8) is 0 Å². The summed E-state index contributed by atoms with van der Waals surface area (Å²) in [6, 6.07) is 40.9. The Hall–Kier alpha value is -12.3. The van der Waals surface area contributed by atoms with Crippen LogP contribution in [0.25, 0.3) is 123 Å². The van der Waals surface area contributed by atoms with Crippen LogP contribution in [-0.4, -0.2) is 163 Å². The van der Waals surface area contributed by atoms with E-state index in [-0.39, 0.29) is 0 Å². The fraction of sp³-hybridized carbons (Fsp3) is 0.111. The Kier molecular flexibility index (Phi) is 21.4. The second-order valence-corrected chi connectivity index (χ2v) is 18.3. The molecule has 6 heterocycles. The van der Waals surface area contributed by atoms with Gasteiger partial charge in [-0.05, 0) is 95.1 Å². The van der Waals surface area contributed by atoms with Crippen LogP contribution in [0.4, 0.5) is 79.0 Å². The van der Waals surface area contributed by atoms with Crippen LogP contribution in [-0.2, 0) is 28.8 Å². The molecular formula is C54H32F18N12O12. The molecular weight excluding hydrogens is 1350 g/mol. The van der Waals surface area contributed by atoms with Gasteiger partial charge in [0, 0.05) is 0 Å². The van der Waals surface area contributed by atoms with E-state index in [0.29, 0.717) is 34.9 Å². The molecule has 0 atom stereocenters. The number of benzene rings is 6. The van der Waals surface area contributed by atoms with E-state index in [2.05, 4.69) is 90.6 Å². The van der Waals surface area contributed by atoms with Gasteiger partial charge in [-0.2, -0.15) is 79.0 Å². The van der Waals surface area contributed by atoms with Crippen LogP contribution < -0.4 is 0 Å². The zero-order valence-electron chi connectivity index (χ0n) is 46.2. The van der Waals surface area contributed by atoms with Crippen molar-refractivity contribution >= 4 is 102 Å². The molecule has 0 aliphatic heterocycles. The first-order chi connectivity index (χ1) is 44.3. The Labute approximate surface area is 515 Å². The number of aromatic nitrogens is 12. The Morgan fingerprint density at radius 2 is 0.417 bits per heavy atom. The average molecular weight is 1380 g/mol. The highest BCUT2D eigenvalue weighted by atomic mass is 19.4. The summed E-state index contributed by atoms with van der Waals surface area (Å²) in [6.45, 7) is 0. The Bertz CT molecular complexity index is 4350. The Balaban J connectivity index is 0.000000282. The van der Waals surface area contributed by atoms with Gasteiger partial charge in [-0.3, -0.25) is 0 Å². The summed E-state index contributed by atoms with van der Waals surface area (Å²) in [5, 5.41) is 42.8. The summed E-state index contributed by atoms with van der Waals surface area (Å²) in [7, 11) is 0. The van der Waals surface area contributed by atoms with Crippen molar-refractivity contribution in [1.82, 2.24) is 59.8 Å². The number of alkyl halides is 18. The molecule has 0 saturated heterocycles. The maximum absolute atomic E-state index is 10.6. The maximum Gasteiger partial charge on any atom is 0.490 e. The molecule has 12 rings (SSSR count). The second-order valence-electron chi connectivity index (χ2n) is 18.3. The number of rotatable bonds is 5. The van der Waals surface area contributed by atoms with Gasteiger partial charge >= 0.3 is 72.9 Å². The van der Waals surface area contributed by atoms with Gasteiger partial charge in [0.25, 0.3) is 0 Å². The van der Waals surface area contributed by atoms with Crippen molar-refractivity contribution < 1.29 is 138 Å². The number of nitrogens with zero attached hydrogens (tertiary/aromatic N) is 6. The van der Waals surface area contributed by atoms with Crippen LogP contribution in [0.2, 0.25) is 0 Å². The molecule has 96 heavy (non-hydrogen) atoms. The smallest absolute Gasteiger partial charge is 0.475 e. The van der Waals surface area contributed by atoms with Gasteiger partial charge in [0.2, 0.25) is 0 Å². The number of H-pyrrole nitrogens is 6. The summed E-state index contributed by atoms with van der Waals surface area (Å²) in [4.78, 5) is 103. The lowest BCUT2D eigenvalue weighted by atomic mass is 10.0. The minimum atomic E-state index is -5.08. The zero-order chi connectivity index (χ0) is 71.8. The number of nitrogens with one attached hydrogen (secondary N) is 6. The molecule has 6 aromatic heterocycles. The summed E-state index contributed by atoms with van der Waals surface area (Å²) in [5.41, 5.74) is 15.2. The quantitative estimate of drug-likeness (QED) is 0.0712. The summed E-state index contributed by atoms with van der Waals surface area (Å²) >= 11 is 0. The molecule has 0 radical (unpaired) electrons. The lowest BCUT2D eigenvalue weighted by Crippen LogP contribution is -2.21. The molecule has 6 aromatic carbocycles. The van der Waals surface area contributed by atoms with Crippen molar-refractivity contribution in [2.75, 3.05) is 0 Å². The molecule has 0 bridgehead atoms. The molecule has 0 spiro atoms. The number of halogens is 18. The topological polar surface area (TPSA) is 396 Å². The number of carbonyl (C=O) groups is 6. The van der Waals surface area contributed by atoms with E-state index in [9.17, 15) is 79.0 Å². The number of hydrogen-bond acceptors (Lipinski definition) is 12. The third kappa shape index (κ3) is 19.4. The molecule has 12 N–H and O–H groups in total. The number of hydrogen-bond donors (Lipinski definition) is 12. The van der Waals surface area contributed by atoms with Crippen LogP contribution in [0.15, 0.2) is 121 Å². The van der Waals surface area contributed by atoms with E-state index >= 15 is 0 Å². The molecule has 0 aliphatic carbocycles. The number of aromatic amines is 6. The van der Waals surface area contributed by atoms with Crippen LogP contribution >= 0.6 is 0 Å². The van der Waals surface area contributed by atoms with Crippen LogP contribution in [0.3, 0.4) is 0 Å². The number of para-hydroxylation sites is 4. The second kappa shape index (κ2) is 28.3. The third-order valence-electron chi connectivity index (χ3n) is 11.5. The minimum Gasteiger partial charge on any atom is -0.475 e. The number of carboxylic acids is 6. The highest BCUT2D eigenvalue weighted by molar-refractivity contribution is 5.92. The van der Waals surface area contributed by atoms with Gasteiger partial charge in [0.1, 0.15) is 0 Å². The summed E-state index contributed by atoms with van der Waals surface area (Å²) in [6.07, 6.45) is -30.5. The van der Waals surface area contributed by atoms with E-state index in [1.165, 1.54) is 0 Å². The lowest BCUT2D eigenvalue weighted by molar-refractivity contribution is -0.193. The van der Waals surface area contributed by atoms with Crippen molar-refractivity contribution in [3.05, 3.63) is 121 Å². The van der Waals surface area contributed by atoms with Crippen molar-refractivity contribution in [3.8, 4) is 57.2 Å². The standard InChI is InChI=1S/C42H26N12.6C2HF3O2/c1-2-6-26-25(5-1)43-37(44-26)39-47-29-13-9-21(17-33(29)51-39)23-11-15-31-35(19-23)53-41(49-31)42-50-32-16-12-24(20-36(32)54-42)22-10-14-30-34(18-22)52-40(48-30)38-45-27-7-3-4-8-28(27)46-38;6*3-2(4,5)1(6)7/h1-20H,(H,43,44)(H,45,46)(H,47,51)(H,48,52)(H,49,53)(H,50,54);6*(H,6,7). The van der Waals surface area contributed by atoms with Gasteiger partial charge in [-0.25, -0.2) is 58.7 Å². The number of carboxylic acid groups (broad SMARTS) is 6. The summed E-state index contributed by atoms with van der Waals surface area (Å²) in [5.74, 6) is -12.3. The molecule has 0 fully saturated rings. The largest absolute Gasteiger partial charge is 0.490 e. The third-order valence-corrected chi connectivity index (χ3v) is 11.5. The fourth-order valence-corrected chi connectivity index (χ4v) is 7.33. The monoisotopic (exact) mass is 1380 g/mol. The Morgan fingerprint density at radius 3 is 0.646 bits per heavy atom. The van der Waals surface area contributed by atoms with Crippen LogP contribution in [0.5, 0.6) is 0 Å². The molecule has 42 heteroatoms. The number of imidazole rings is 6. The number of fused-ring (bicyclic) bond motifs is 6. The minimum absolute atomic E-state index is 0.676. The molecule has 0 unspecified atom stereocenters. The molecule has 0 amide bonds. The van der Waals surface area contributed by atoms with Crippen LogP contribution in [0.1, 0.15) is 0 Å². The number of aliphatic carboxylic acids is 6. The lowest BCUT2D eigenvalue weighted by Gasteiger charge is -2.01. The van der Waals surface area contributed by atoms with Crippen molar-refractivity contribution in [2.45, 2.75) is 37.1 Å². The van der Waals surface area contributed by atoms with Crippen molar-refractivity contribution in [1.29, 1.82) is 0 Å². The molecule has 0 aliphatic rings. The SMILES string of the molecule is O=C(O)C(F)(F)F.O=C(O)C(F)(F)F.O=C(O)C(F)(F)F.O=C(O)C(F)(F)F.O=C(O)C(F)(F)F.O=C(O)C(F)(F)F.c1ccc2[nH]c(-c3nc4cc(-c5ccc6[nH]c(-c7nc8ccc(-c9ccc%10nc(-c%11nc%12ccccc%12[nH]%11)[nH]c%10c9)cc8[nH]7)nc6c5)ccc4[nH]3)nc2c1. The maximum atomic E-state index is 10.6. The van der Waals surface area contributed by atoms with Crippen LogP contribution in [0, 0.1) is 0 Å². The van der Waals surface area contributed by atoms with Gasteiger partial charge in [0.05, 0.1) is 66.2 Å². The first kappa shape index (κ1) is 72.8. The van der Waals surface area contributed by atoms with Gasteiger partial charge in [0.15, 0.2) is 34.9 Å². The van der Waals surface area contributed by atoms with E-state index in [0.717, 1.165) is 88.5 Å². The van der Waals surface area contributed by atoms with E-state index in [4.69, 9.17) is 89.3 Å². The summed E-state index contributed by atoms with van der Waals surface area (Å²) < 4.78 is 190. The highest BCUT2D eigenvalue weighted by Gasteiger charge is 2.41. The average Bonchev–Trinajstić information content (AvgIpc) is 1.62. The highest BCUT2D eigenvalue weighted by Crippen LogP contribution is 2.32. The normalized spacial score (nSPS) is 11.7. The van der Waals surface area contributed by atoms with Gasteiger partial charge in [-0.15, -0.1) is 0 Å². The molecule has 506 valence electrons. The molecule has 12 aromatic rings. The first-order valence-corrected chi connectivity index (χ1v) is 25.0. The molecule has 24 nitrogen and oxygen atoms in total. The van der Waals surface area contributed by atoms with E-state index in [1.807, 2.05) is 60.7 Å². The van der Waals surface area contributed by atoms with Crippen molar-refractivity contribution in [2.24, 2.45) is 0 Å². The molecule has 0 saturated carbocycles. The zero-order valence-corrected chi connectivity index (χ0v) is 46.2.